The average molecular weight is 214 g/mol. The van der Waals surface area contributed by atoms with Crippen molar-refractivity contribution in [3.8, 4) is 5.88 Å². The van der Waals surface area contributed by atoms with Gasteiger partial charge in [-0.2, -0.15) is 5.10 Å². The molecule has 0 aliphatic carbocycles. The molecule has 0 spiro atoms. The Bertz CT molecular complexity index is 367. The predicted octanol–water partition coefficient (Wildman–Crippen LogP) is 0.924. The molecule has 0 atom stereocenters. The second-order valence-corrected chi connectivity index (χ2v) is 3.39. The molecule has 1 rings (SSSR count). The molecule has 1 aromatic heterocycles. The Kier molecular flexibility index (Phi) is 3.88. The third kappa shape index (κ3) is 2.04. The summed E-state index contributed by atoms with van der Waals surface area (Å²) in [6.07, 6.45) is 1.73. The highest BCUT2D eigenvalue weighted by molar-refractivity contribution is 7.65. The van der Waals surface area contributed by atoms with Crippen LogP contribution < -0.4 is 0 Å². The summed E-state index contributed by atoms with van der Waals surface area (Å²) in [6.45, 7) is 4.55. The summed E-state index contributed by atoms with van der Waals surface area (Å²) in [5, 5.41) is 15.3. The molecule has 14 heavy (non-hydrogen) atoms. The summed E-state index contributed by atoms with van der Waals surface area (Å²) in [5.41, 5.74) is 1.38. The third-order valence-electron chi connectivity index (χ3n) is 1.99. The van der Waals surface area contributed by atoms with Gasteiger partial charge in [-0.05, 0) is 13.3 Å². The van der Waals surface area contributed by atoms with Crippen LogP contribution in [0, 0.1) is 0 Å². The van der Waals surface area contributed by atoms with E-state index < -0.39 is 0 Å². The van der Waals surface area contributed by atoms with E-state index in [1.54, 1.807) is 0 Å². The number of nitrogens with zero attached hydrogens (tertiary/aromatic N) is 2. The van der Waals surface area contributed by atoms with Gasteiger partial charge in [0.05, 0.1) is 22.5 Å². The van der Waals surface area contributed by atoms with Crippen molar-refractivity contribution in [1.82, 2.24) is 9.78 Å². The van der Waals surface area contributed by atoms with Crippen molar-refractivity contribution in [3.63, 3.8) is 0 Å². The Morgan fingerprint density at radius 3 is 2.79 bits per heavy atom. The molecule has 0 radical (unpaired) electrons. The minimum absolute atomic E-state index is 0.0966. The summed E-state index contributed by atoms with van der Waals surface area (Å²) in [4.78, 5) is 0. The van der Waals surface area contributed by atoms with Crippen LogP contribution >= 0.6 is 0 Å². The number of rotatable bonds is 4. The van der Waals surface area contributed by atoms with Crippen LogP contribution in [0.15, 0.2) is 0 Å². The first-order valence-corrected chi connectivity index (χ1v) is 5.45. The predicted molar refractivity (Wildman–Crippen MR) is 56.9 cm³/mol. The van der Waals surface area contributed by atoms with E-state index in [0.717, 1.165) is 18.5 Å². The van der Waals surface area contributed by atoms with Gasteiger partial charge in [0.2, 0.25) is 5.88 Å². The van der Waals surface area contributed by atoms with E-state index in [-0.39, 0.29) is 5.88 Å². The van der Waals surface area contributed by atoms with Crippen LogP contribution in [-0.2, 0) is 24.2 Å². The molecule has 0 saturated heterocycles. The molecule has 5 heteroatoms. The van der Waals surface area contributed by atoms with Gasteiger partial charge in [-0.3, -0.25) is 0 Å². The van der Waals surface area contributed by atoms with Crippen LogP contribution in [0.2, 0.25) is 0 Å². The van der Waals surface area contributed by atoms with Gasteiger partial charge in [0.1, 0.15) is 0 Å². The van der Waals surface area contributed by atoms with Crippen LogP contribution in [-0.4, -0.2) is 24.5 Å². The number of aromatic nitrogens is 2. The summed E-state index contributed by atoms with van der Waals surface area (Å²) in [5.74, 6) is 0.0966. The first-order chi connectivity index (χ1) is 6.74. The lowest BCUT2D eigenvalue weighted by atomic mass is 10.2. The van der Waals surface area contributed by atoms with E-state index in [9.17, 15) is 9.32 Å². The average Bonchev–Trinajstić information content (AvgIpc) is 2.47. The minimum atomic E-state index is 0.0966. The second-order valence-electron chi connectivity index (χ2n) is 2.96. The summed E-state index contributed by atoms with van der Waals surface area (Å²) in [6, 6.07) is 0. The maximum Gasteiger partial charge on any atom is 0.217 e. The lowest BCUT2D eigenvalue weighted by Crippen LogP contribution is -1.96. The van der Waals surface area contributed by atoms with E-state index in [0.29, 0.717) is 23.4 Å². The molecular weight excluding hydrogens is 200 g/mol. The summed E-state index contributed by atoms with van der Waals surface area (Å²) < 4.78 is 11.9. The van der Waals surface area contributed by atoms with E-state index in [4.69, 9.17) is 0 Å². The van der Waals surface area contributed by atoms with E-state index in [1.165, 1.54) is 10.0 Å². The fraction of sp³-hybridized carbons (Fsp3) is 0.556. The molecule has 1 N–H and O–H groups in total. The molecule has 1 heterocycles. The van der Waals surface area contributed by atoms with Crippen molar-refractivity contribution in [1.29, 1.82) is 0 Å². The SMILES string of the molecule is CCCc1nn(CC)c(O)c1C=S=O. The van der Waals surface area contributed by atoms with Crippen molar-refractivity contribution in [2.24, 2.45) is 0 Å². The molecule has 0 aliphatic rings. The second kappa shape index (κ2) is 4.95. The smallest absolute Gasteiger partial charge is 0.217 e. The molecule has 4 nitrogen and oxygen atoms in total. The molecular formula is C9H14N2O2S. The monoisotopic (exact) mass is 214 g/mol. The first kappa shape index (κ1) is 11.0. The van der Waals surface area contributed by atoms with Gasteiger partial charge in [0.15, 0.2) is 0 Å². The normalized spacial score (nSPS) is 10.1. The Hall–Kier alpha value is -1.10. The molecule has 0 fully saturated rings. The maximum absolute atomic E-state index is 10.4. The Balaban J connectivity index is 3.19. The topological polar surface area (TPSA) is 55.1 Å². The number of aryl methyl sites for hydroxylation is 2. The van der Waals surface area contributed by atoms with Gasteiger partial charge in [0, 0.05) is 11.9 Å². The van der Waals surface area contributed by atoms with Crippen LogP contribution in [0.3, 0.4) is 0 Å². The van der Waals surface area contributed by atoms with Crippen molar-refractivity contribution in [2.75, 3.05) is 0 Å². The zero-order valence-corrected chi connectivity index (χ0v) is 9.17. The molecule has 0 amide bonds. The highest BCUT2D eigenvalue weighted by Crippen LogP contribution is 2.19. The molecule has 0 aliphatic heterocycles. The van der Waals surface area contributed by atoms with Crippen molar-refractivity contribution in [3.05, 3.63) is 11.3 Å². The van der Waals surface area contributed by atoms with Gasteiger partial charge < -0.3 is 5.11 Å². The van der Waals surface area contributed by atoms with Gasteiger partial charge >= 0.3 is 0 Å². The minimum Gasteiger partial charge on any atom is -0.493 e. The van der Waals surface area contributed by atoms with Crippen molar-refractivity contribution in [2.45, 2.75) is 33.2 Å². The first-order valence-electron chi connectivity index (χ1n) is 4.65. The van der Waals surface area contributed by atoms with E-state index in [1.807, 2.05) is 13.8 Å². The highest BCUT2D eigenvalue weighted by atomic mass is 32.1. The molecule has 1 aromatic rings. The Morgan fingerprint density at radius 1 is 1.57 bits per heavy atom. The van der Waals surface area contributed by atoms with Crippen LogP contribution in [0.25, 0.3) is 0 Å². The zero-order valence-electron chi connectivity index (χ0n) is 8.36. The Labute approximate surface area is 86.6 Å². The van der Waals surface area contributed by atoms with Gasteiger partial charge in [-0.25, -0.2) is 8.89 Å². The van der Waals surface area contributed by atoms with Crippen LogP contribution in [0.5, 0.6) is 5.88 Å². The summed E-state index contributed by atoms with van der Waals surface area (Å²) in [7, 11) is 0. The lowest BCUT2D eigenvalue weighted by molar-refractivity contribution is 0.404. The molecule has 0 aromatic carbocycles. The van der Waals surface area contributed by atoms with Crippen molar-refractivity contribution >= 4 is 16.6 Å². The highest BCUT2D eigenvalue weighted by Gasteiger charge is 2.13. The number of hydrogen-bond acceptors (Lipinski definition) is 3. The van der Waals surface area contributed by atoms with E-state index in [2.05, 4.69) is 5.10 Å². The van der Waals surface area contributed by atoms with Crippen LogP contribution in [0.4, 0.5) is 0 Å². The number of hydrogen-bond donors (Lipinski definition) is 1. The fourth-order valence-electron chi connectivity index (χ4n) is 1.33. The van der Waals surface area contributed by atoms with Crippen LogP contribution in [0.1, 0.15) is 31.5 Å². The Morgan fingerprint density at radius 2 is 2.29 bits per heavy atom. The maximum atomic E-state index is 10.4. The lowest BCUT2D eigenvalue weighted by Gasteiger charge is -1.95. The molecule has 78 valence electrons. The zero-order chi connectivity index (χ0) is 10.6. The largest absolute Gasteiger partial charge is 0.493 e. The fourth-order valence-corrected chi connectivity index (χ4v) is 1.66. The van der Waals surface area contributed by atoms with Gasteiger partial charge in [-0.1, -0.05) is 13.3 Å². The summed E-state index contributed by atoms with van der Waals surface area (Å²) >= 11 is 0.344. The molecule has 0 unspecified atom stereocenters. The van der Waals surface area contributed by atoms with Gasteiger partial charge in [-0.15, -0.1) is 0 Å². The molecule has 0 saturated carbocycles. The van der Waals surface area contributed by atoms with Crippen molar-refractivity contribution < 1.29 is 9.32 Å². The standard InChI is InChI=1S/C9H14N2O2S/c1-3-5-8-7(6-14-13)9(12)11(4-2)10-8/h6,12H,3-5H2,1-2H3. The van der Waals surface area contributed by atoms with E-state index >= 15 is 0 Å². The number of aromatic hydroxyl groups is 1. The van der Waals surface area contributed by atoms with Gasteiger partial charge in [0.25, 0.3) is 0 Å². The molecule has 0 bridgehead atoms. The third-order valence-corrected chi connectivity index (χ3v) is 2.32. The quantitative estimate of drug-likeness (QED) is 0.758.